The van der Waals surface area contributed by atoms with Crippen molar-refractivity contribution >= 4 is 22.8 Å². The lowest BCUT2D eigenvalue weighted by Gasteiger charge is -2.14. The molecule has 1 saturated heterocycles. The molecule has 0 atom stereocenters. The minimum atomic E-state index is -0.342. The summed E-state index contributed by atoms with van der Waals surface area (Å²) in [5.74, 6) is -0.541. The molecule has 0 bridgehead atoms. The number of aromatic nitrogens is 1. The van der Waals surface area contributed by atoms with E-state index in [0.29, 0.717) is 38.2 Å². The van der Waals surface area contributed by atoms with Gasteiger partial charge in [0.05, 0.1) is 13.2 Å². The highest BCUT2D eigenvalue weighted by atomic mass is 16.5. The highest BCUT2D eigenvalue weighted by molar-refractivity contribution is 5.98. The van der Waals surface area contributed by atoms with Crippen molar-refractivity contribution in [2.75, 3.05) is 26.3 Å². The maximum atomic E-state index is 12.4. The van der Waals surface area contributed by atoms with E-state index in [1.54, 1.807) is 13.8 Å². The van der Waals surface area contributed by atoms with Crippen molar-refractivity contribution in [1.82, 2.24) is 9.88 Å². The Morgan fingerprint density at radius 2 is 1.86 bits per heavy atom. The molecular formula is C22H30N2O4. The number of carbonyl (C=O) groups is 2. The van der Waals surface area contributed by atoms with Crippen molar-refractivity contribution in [2.24, 2.45) is 0 Å². The van der Waals surface area contributed by atoms with Gasteiger partial charge in [0, 0.05) is 23.9 Å². The van der Waals surface area contributed by atoms with E-state index in [-0.39, 0.29) is 11.9 Å². The predicted molar refractivity (Wildman–Crippen MR) is 108 cm³/mol. The SMILES string of the molecule is CCOC(=O)CCCc1c(C(=O)OCC)[nH]c2ccc(CN3CCCC3)cc12. The molecule has 2 heterocycles. The minimum absolute atomic E-state index is 0.199. The van der Waals surface area contributed by atoms with E-state index >= 15 is 0 Å². The average Bonchev–Trinajstić information content (AvgIpc) is 3.30. The van der Waals surface area contributed by atoms with Crippen LogP contribution >= 0.6 is 0 Å². The van der Waals surface area contributed by atoms with Crippen LogP contribution in [0, 0.1) is 0 Å². The number of carbonyl (C=O) groups excluding carboxylic acids is 2. The van der Waals surface area contributed by atoms with Gasteiger partial charge in [-0.25, -0.2) is 4.79 Å². The molecular weight excluding hydrogens is 356 g/mol. The number of nitrogens with zero attached hydrogens (tertiary/aromatic N) is 1. The van der Waals surface area contributed by atoms with Crippen LogP contribution in [0.25, 0.3) is 10.9 Å². The number of likely N-dealkylation sites (tertiary alicyclic amines) is 1. The summed E-state index contributed by atoms with van der Waals surface area (Å²) in [7, 11) is 0. The number of aryl methyl sites for hydroxylation is 1. The number of fused-ring (bicyclic) bond motifs is 1. The number of hydrogen-bond acceptors (Lipinski definition) is 5. The fourth-order valence-electron chi connectivity index (χ4n) is 3.87. The molecule has 0 spiro atoms. The first-order chi connectivity index (χ1) is 13.6. The molecule has 1 aliphatic heterocycles. The molecule has 1 aromatic carbocycles. The van der Waals surface area contributed by atoms with Gasteiger partial charge in [0.25, 0.3) is 0 Å². The van der Waals surface area contributed by atoms with Crippen molar-refractivity contribution in [3.05, 3.63) is 35.0 Å². The van der Waals surface area contributed by atoms with E-state index in [4.69, 9.17) is 9.47 Å². The third kappa shape index (κ3) is 4.93. The Labute approximate surface area is 166 Å². The number of benzene rings is 1. The van der Waals surface area contributed by atoms with Gasteiger partial charge in [0.1, 0.15) is 5.69 Å². The van der Waals surface area contributed by atoms with Crippen molar-refractivity contribution in [1.29, 1.82) is 0 Å². The van der Waals surface area contributed by atoms with Crippen LogP contribution in [0.2, 0.25) is 0 Å². The number of nitrogens with one attached hydrogen (secondary N) is 1. The first-order valence-electron chi connectivity index (χ1n) is 10.3. The molecule has 0 radical (unpaired) electrons. The van der Waals surface area contributed by atoms with Gasteiger partial charge in [0.15, 0.2) is 0 Å². The minimum Gasteiger partial charge on any atom is -0.466 e. The lowest BCUT2D eigenvalue weighted by Crippen LogP contribution is -2.18. The summed E-state index contributed by atoms with van der Waals surface area (Å²) in [4.78, 5) is 29.8. The van der Waals surface area contributed by atoms with Crippen LogP contribution in [0.5, 0.6) is 0 Å². The third-order valence-corrected chi connectivity index (χ3v) is 5.17. The van der Waals surface area contributed by atoms with Crippen LogP contribution in [-0.4, -0.2) is 48.1 Å². The van der Waals surface area contributed by atoms with Gasteiger partial charge < -0.3 is 14.5 Å². The van der Waals surface area contributed by atoms with Gasteiger partial charge in [-0.1, -0.05) is 6.07 Å². The average molecular weight is 386 g/mol. The van der Waals surface area contributed by atoms with Crippen LogP contribution in [0.15, 0.2) is 18.2 Å². The van der Waals surface area contributed by atoms with Gasteiger partial charge in [-0.05, 0) is 75.9 Å². The Morgan fingerprint density at radius 3 is 2.57 bits per heavy atom. The topological polar surface area (TPSA) is 71.6 Å². The first-order valence-corrected chi connectivity index (χ1v) is 10.3. The summed E-state index contributed by atoms with van der Waals surface area (Å²) >= 11 is 0. The molecule has 0 unspecified atom stereocenters. The monoisotopic (exact) mass is 386 g/mol. The van der Waals surface area contributed by atoms with Crippen LogP contribution in [0.3, 0.4) is 0 Å². The summed E-state index contributed by atoms with van der Waals surface area (Å²) in [6, 6.07) is 6.33. The Kier molecular flexibility index (Phi) is 7.09. The van der Waals surface area contributed by atoms with Crippen molar-refractivity contribution < 1.29 is 19.1 Å². The molecule has 1 aliphatic rings. The molecule has 1 aromatic heterocycles. The highest BCUT2D eigenvalue weighted by Crippen LogP contribution is 2.27. The van der Waals surface area contributed by atoms with Gasteiger partial charge in [-0.2, -0.15) is 0 Å². The molecule has 1 fully saturated rings. The number of rotatable bonds is 9. The van der Waals surface area contributed by atoms with E-state index in [2.05, 4.69) is 22.0 Å². The van der Waals surface area contributed by atoms with Crippen LogP contribution < -0.4 is 0 Å². The zero-order valence-electron chi connectivity index (χ0n) is 16.9. The molecule has 3 rings (SSSR count). The Morgan fingerprint density at radius 1 is 1.11 bits per heavy atom. The van der Waals surface area contributed by atoms with Gasteiger partial charge >= 0.3 is 11.9 Å². The number of H-pyrrole nitrogens is 1. The molecule has 28 heavy (non-hydrogen) atoms. The van der Waals surface area contributed by atoms with Crippen LogP contribution in [-0.2, 0) is 27.2 Å². The van der Waals surface area contributed by atoms with E-state index in [1.807, 2.05) is 6.07 Å². The zero-order chi connectivity index (χ0) is 19.9. The number of aromatic amines is 1. The van der Waals surface area contributed by atoms with Crippen LogP contribution in [0.1, 0.15) is 61.1 Å². The van der Waals surface area contributed by atoms with Gasteiger partial charge in [0.2, 0.25) is 0 Å². The molecule has 2 aromatic rings. The lowest BCUT2D eigenvalue weighted by atomic mass is 10.0. The summed E-state index contributed by atoms with van der Waals surface area (Å²) in [6.07, 6.45) is 4.13. The highest BCUT2D eigenvalue weighted by Gasteiger charge is 2.20. The maximum absolute atomic E-state index is 12.4. The number of hydrogen-bond donors (Lipinski definition) is 1. The number of ether oxygens (including phenoxy) is 2. The smallest absolute Gasteiger partial charge is 0.355 e. The fourth-order valence-corrected chi connectivity index (χ4v) is 3.87. The molecule has 0 saturated carbocycles. The Balaban J connectivity index is 1.84. The fraction of sp³-hybridized carbons (Fsp3) is 0.545. The zero-order valence-corrected chi connectivity index (χ0v) is 16.9. The summed E-state index contributed by atoms with van der Waals surface area (Å²) in [6.45, 7) is 7.54. The maximum Gasteiger partial charge on any atom is 0.355 e. The van der Waals surface area contributed by atoms with E-state index < -0.39 is 0 Å². The quantitative estimate of drug-likeness (QED) is 0.663. The van der Waals surface area contributed by atoms with Crippen molar-refractivity contribution in [2.45, 2.75) is 52.5 Å². The summed E-state index contributed by atoms with van der Waals surface area (Å²) in [5.41, 5.74) is 3.61. The number of esters is 2. The molecule has 0 amide bonds. The molecule has 6 heteroatoms. The van der Waals surface area contributed by atoms with E-state index in [0.717, 1.165) is 36.1 Å². The largest absolute Gasteiger partial charge is 0.466 e. The Bertz CT molecular complexity index is 821. The van der Waals surface area contributed by atoms with Crippen LogP contribution in [0.4, 0.5) is 0 Å². The lowest BCUT2D eigenvalue weighted by molar-refractivity contribution is -0.143. The molecule has 152 valence electrons. The second-order valence-corrected chi connectivity index (χ2v) is 7.22. The van der Waals surface area contributed by atoms with E-state index in [9.17, 15) is 9.59 Å². The third-order valence-electron chi connectivity index (χ3n) is 5.17. The first kappa shape index (κ1) is 20.4. The Hall–Kier alpha value is -2.34. The van der Waals surface area contributed by atoms with Crippen molar-refractivity contribution in [3.8, 4) is 0 Å². The second kappa shape index (κ2) is 9.73. The summed E-state index contributed by atoms with van der Waals surface area (Å²) in [5, 5.41) is 1.05. The summed E-state index contributed by atoms with van der Waals surface area (Å²) < 4.78 is 10.2. The van der Waals surface area contributed by atoms with Crippen molar-refractivity contribution in [3.63, 3.8) is 0 Å². The van der Waals surface area contributed by atoms with Gasteiger partial charge in [-0.15, -0.1) is 0 Å². The van der Waals surface area contributed by atoms with Gasteiger partial charge in [-0.3, -0.25) is 9.69 Å². The molecule has 6 nitrogen and oxygen atoms in total. The molecule has 0 aliphatic carbocycles. The molecule has 1 N–H and O–H groups in total. The predicted octanol–water partition coefficient (Wildman–Crippen LogP) is 3.83. The van der Waals surface area contributed by atoms with E-state index in [1.165, 1.54) is 18.4 Å². The standard InChI is InChI=1S/C22H30N2O4/c1-3-27-20(25)9-7-8-17-18-14-16(15-24-12-5-6-13-24)10-11-19(18)23-21(17)22(26)28-4-2/h10-11,14,23H,3-9,12-13,15H2,1-2H3. The second-order valence-electron chi connectivity index (χ2n) is 7.22. The normalized spacial score (nSPS) is 14.5.